The van der Waals surface area contributed by atoms with Crippen LogP contribution >= 0.6 is 11.6 Å². The van der Waals surface area contributed by atoms with Crippen LogP contribution in [0.4, 0.5) is 11.6 Å². The van der Waals surface area contributed by atoms with Gasteiger partial charge >= 0.3 is 0 Å². The molecule has 0 radical (unpaired) electrons. The van der Waals surface area contributed by atoms with E-state index in [2.05, 4.69) is 15.3 Å². The quantitative estimate of drug-likeness (QED) is 0.759. The van der Waals surface area contributed by atoms with Crippen LogP contribution in [0.25, 0.3) is 0 Å². The first-order valence-electron chi connectivity index (χ1n) is 4.30. The zero-order valence-electron chi connectivity index (χ0n) is 7.13. The van der Waals surface area contributed by atoms with E-state index in [1.165, 1.54) is 25.6 Å². The molecule has 1 aromatic rings. The molecule has 2 rings (SSSR count). The van der Waals surface area contributed by atoms with Gasteiger partial charge in [-0.1, -0.05) is 11.6 Å². The van der Waals surface area contributed by atoms with Crippen molar-refractivity contribution in [1.29, 1.82) is 0 Å². The van der Waals surface area contributed by atoms with E-state index >= 15 is 0 Å². The third kappa shape index (κ3) is 1.67. The molecule has 0 aliphatic heterocycles. The summed E-state index contributed by atoms with van der Waals surface area (Å²) in [6.45, 7) is 0. The summed E-state index contributed by atoms with van der Waals surface area (Å²) in [5.41, 5.74) is 5.53. The SMILES string of the molecule is Nc1ncnc(NC2CCC2)c1Cl. The molecule has 0 saturated heterocycles. The van der Waals surface area contributed by atoms with Gasteiger partial charge in [0.15, 0.2) is 5.82 Å². The Hall–Kier alpha value is -1.03. The molecule has 1 fully saturated rings. The van der Waals surface area contributed by atoms with Gasteiger partial charge < -0.3 is 11.1 Å². The van der Waals surface area contributed by atoms with Gasteiger partial charge in [-0.2, -0.15) is 0 Å². The highest BCUT2D eigenvalue weighted by molar-refractivity contribution is 6.35. The second-order valence-corrected chi connectivity index (χ2v) is 3.57. The molecule has 0 amide bonds. The average Bonchev–Trinajstić information content (AvgIpc) is 2.04. The maximum Gasteiger partial charge on any atom is 0.150 e. The fourth-order valence-electron chi connectivity index (χ4n) is 1.23. The zero-order chi connectivity index (χ0) is 9.26. The summed E-state index contributed by atoms with van der Waals surface area (Å²) in [6, 6.07) is 0.506. The van der Waals surface area contributed by atoms with Crippen LogP contribution < -0.4 is 11.1 Å². The van der Waals surface area contributed by atoms with Crippen molar-refractivity contribution in [2.45, 2.75) is 25.3 Å². The summed E-state index contributed by atoms with van der Waals surface area (Å²) >= 11 is 5.91. The Morgan fingerprint density at radius 2 is 2.23 bits per heavy atom. The van der Waals surface area contributed by atoms with Crippen LogP contribution in [0, 0.1) is 0 Å². The van der Waals surface area contributed by atoms with E-state index < -0.39 is 0 Å². The lowest BCUT2D eigenvalue weighted by Crippen LogP contribution is -2.27. The fourth-order valence-corrected chi connectivity index (χ4v) is 1.38. The standard InChI is InChI=1S/C8H11ClN4/c9-6-7(10)11-4-12-8(6)13-5-2-1-3-5/h4-5H,1-3H2,(H3,10,11,12,13). The predicted molar refractivity (Wildman–Crippen MR) is 52.7 cm³/mol. The number of hydrogen-bond donors (Lipinski definition) is 2. The highest BCUT2D eigenvalue weighted by Gasteiger charge is 2.19. The predicted octanol–water partition coefficient (Wildman–Crippen LogP) is 1.68. The molecule has 1 saturated carbocycles. The molecule has 3 N–H and O–H groups in total. The third-order valence-corrected chi connectivity index (χ3v) is 2.64. The highest BCUT2D eigenvalue weighted by Crippen LogP contribution is 2.28. The van der Waals surface area contributed by atoms with Crippen LogP contribution in [0.3, 0.4) is 0 Å². The van der Waals surface area contributed by atoms with E-state index in [0.29, 0.717) is 22.7 Å². The molecule has 0 bridgehead atoms. The van der Waals surface area contributed by atoms with Crippen molar-refractivity contribution in [1.82, 2.24) is 9.97 Å². The smallest absolute Gasteiger partial charge is 0.150 e. The van der Waals surface area contributed by atoms with Crippen LogP contribution in [-0.2, 0) is 0 Å². The third-order valence-electron chi connectivity index (χ3n) is 2.26. The molecular formula is C8H11ClN4. The minimum absolute atomic E-state index is 0.332. The molecule has 0 aromatic carbocycles. The Kier molecular flexibility index (Phi) is 2.22. The van der Waals surface area contributed by atoms with Crippen molar-refractivity contribution < 1.29 is 0 Å². The highest BCUT2D eigenvalue weighted by atomic mass is 35.5. The van der Waals surface area contributed by atoms with E-state index in [1.54, 1.807) is 0 Å². The summed E-state index contributed by atoms with van der Waals surface area (Å²) in [4.78, 5) is 7.81. The number of hydrogen-bond acceptors (Lipinski definition) is 4. The van der Waals surface area contributed by atoms with E-state index in [4.69, 9.17) is 17.3 Å². The monoisotopic (exact) mass is 198 g/mol. The van der Waals surface area contributed by atoms with Gasteiger partial charge in [-0.05, 0) is 19.3 Å². The Labute approximate surface area is 81.5 Å². The van der Waals surface area contributed by atoms with Crippen molar-refractivity contribution in [3.63, 3.8) is 0 Å². The largest absolute Gasteiger partial charge is 0.382 e. The topological polar surface area (TPSA) is 63.8 Å². The van der Waals surface area contributed by atoms with Gasteiger partial charge in [0.25, 0.3) is 0 Å². The molecule has 1 aromatic heterocycles. The fraction of sp³-hybridized carbons (Fsp3) is 0.500. The Bertz CT molecular complexity index is 311. The first kappa shape index (κ1) is 8.56. The summed E-state index contributed by atoms with van der Waals surface area (Å²) in [5, 5.41) is 3.65. The normalized spacial score (nSPS) is 16.7. The number of rotatable bonds is 2. The number of nitrogens with zero attached hydrogens (tertiary/aromatic N) is 2. The molecule has 0 spiro atoms. The Morgan fingerprint density at radius 1 is 1.46 bits per heavy atom. The lowest BCUT2D eigenvalue weighted by atomic mass is 9.93. The summed E-state index contributed by atoms with van der Waals surface area (Å²) < 4.78 is 0. The molecule has 1 heterocycles. The van der Waals surface area contributed by atoms with Gasteiger partial charge in [0.1, 0.15) is 17.2 Å². The molecule has 13 heavy (non-hydrogen) atoms. The second kappa shape index (κ2) is 3.38. The summed E-state index contributed by atoms with van der Waals surface area (Å²) in [7, 11) is 0. The van der Waals surface area contributed by atoms with E-state index in [9.17, 15) is 0 Å². The van der Waals surface area contributed by atoms with Crippen LogP contribution in [-0.4, -0.2) is 16.0 Å². The molecule has 4 nitrogen and oxygen atoms in total. The van der Waals surface area contributed by atoms with Crippen molar-refractivity contribution >= 4 is 23.2 Å². The van der Waals surface area contributed by atoms with E-state index in [-0.39, 0.29) is 0 Å². The molecule has 1 aliphatic carbocycles. The van der Waals surface area contributed by atoms with Crippen molar-refractivity contribution in [2.75, 3.05) is 11.1 Å². The minimum atomic E-state index is 0.332. The van der Waals surface area contributed by atoms with E-state index in [1.807, 2.05) is 0 Å². The Morgan fingerprint density at radius 3 is 2.85 bits per heavy atom. The maximum atomic E-state index is 5.91. The number of nitrogen functional groups attached to an aromatic ring is 1. The summed E-state index contributed by atoms with van der Waals surface area (Å²) in [6.07, 6.45) is 5.05. The number of halogens is 1. The molecule has 5 heteroatoms. The van der Waals surface area contributed by atoms with Gasteiger partial charge in [0.2, 0.25) is 0 Å². The van der Waals surface area contributed by atoms with Gasteiger partial charge in [0.05, 0.1) is 0 Å². The van der Waals surface area contributed by atoms with Crippen LogP contribution in [0.1, 0.15) is 19.3 Å². The lowest BCUT2D eigenvalue weighted by molar-refractivity contribution is 0.444. The lowest BCUT2D eigenvalue weighted by Gasteiger charge is -2.27. The van der Waals surface area contributed by atoms with Crippen molar-refractivity contribution in [3.05, 3.63) is 11.3 Å². The van der Waals surface area contributed by atoms with Gasteiger partial charge in [-0.15, -0.1) is 0 Å². The van der Waals surface area contributed by atoms with Crippen LogP contribution in [0.15, 0.2) is 6.33 Å². The van der Waals surface area contributed by atoms with Crippen molar-refractivity contribution in [3.8, 4) is 0 Å². The number of nitrogens with two attached hydrogens (primary N) is 1. The number of anilines is 2. The maximum absolute atomic E-state index is 5.91. The average molecular weight is 199 g/mol. The number of nitrogens with one attached hydrogen (secondary N) is 1. The molecular weight excluding hydrogens is 188 g/mol. The van der Waals surface area contributed by atoms with Crippen LogP contribution in [0.2, 0.25) is 5.02 Å². The van der Waals surface area contributed by atoms with Gasteiger partial charge in [-0.25, -0.2) is 9.97 Å². The number of aromatic nitrogens is 2. The molecule has 0 unspecified atom stereocenters. The summed E-state index contributed by atoms with van der Waals surface area (Å²) in [5.74, 6) is 0.984. The minimum Gasteiger partial charge on any atom is -0.382 e. The van der Waals surface area contributed by atoms with Gasteiger partial charge in [-0.3, -0.25) is 0 Å². The van der Waals surface area contributed by atoms with E-state index in [0.717, 1.165) is 0 Å². The van der Waals surface area contributed by atoms with Crippen molar-refractivity contribution in [2.24, 2.45) is 0 Å². The zero-order valence-corrected chi connectivity index (χ0v) is 7.88. The molecule has 1 aliphatic rings. The molecule has 70 valence electrons. The molecule has 0 atom stereocenters. The first-order chi connectivity index (χ1) is 6.27. The second-order valence-electron chi connectivity index (χ2n) is 3.19. The van der Waals surface area contributed by atoms with Gasteiger partial charge in [0, 0.05) is 6.04 Å². The Balaban J connectivity index is 2.14. The van der Waals surface area contributed by atoms with Crippen LogP contribution in [0.5, 0.6) is 0 Å². The first-order valence-corrected chi connectivity index (χ1v) is 4.67.